The third-order valence-corrected chi connectivity index (χ3v) is 3.50. The van der Waals surface area contributed by atoms with Crippen LogP contribution in [-0.4, -0.2) is 96.3 Å². The summed E-state index contributed by atoms with van der Waals surface area (Å²) in [6.07, 6.45) is 0. The average Bonchev–Trinajstić information content (AvgIpc) is 2.70. The maximum atomic E-state index is 11.9. The second kappa shape index (κ2) is 14.1. The SMILES string of the molecule is NCC(=O)NCC(=O)N[C@@H](CO)C(=O)NCC(=O)N[C@@H](CS)C(=O)NCC(=O)O. The minimum absolute atomic E-state index is 0.130. The fraction of sp³-hybridized carbons (Fsp3) is 0.571. The average molecular weight is 436 g/mol. The molecule has 5 amide bonds. The number of hydrogen-bond donors (Lipinski definition) is 9. The second-order valence-corrected chi connectivity index (χ2v) is 5.78. The molecule has 15 heteroatoms. The maximum Gasteiger partial charge on any atom is 0.322 e. The summed E-state index contributed by atoms with van der Waals surface area (Å²) in [6.45, 7) is -2.80. The molecule has 14 nitrogen and oxygen atoms in total. The number of carboxylic acids is 1. The molecule has 0 aromatic carbocycles. The number of rotatable bonds is 13. The van der Waals surface area contributed by atoms with Crippen LogP contribution in [0.25, 0.3) is 0 Å². The number of aliphatic hydroxyl groups excluding tert-OH is 1. The number of hydrogen-bond acceptors (Lipinski definition) is 9. The highest BCUT2D eigenvalue weighted by Gasteiger charge is 2.23. The van der Waals surface area contributed by atoms with Gasteiger partial charge in [0, 0.05) is 5.75 Å². The van der Waals surface area contributed by atoms with Crippen LogP contribution in [-0.2, 0) is 28.8 Å². The Hall–Kier alpha value is -2.91. The molecule has 29 heavy (non-hydrogen) atoms. The molecule has 0 aliphatic carbocycles. The maximum absolute atomic E-state index is 11.9. The highest BCUT2D eigenvalue weighted by molar-refractivity contribution is 7.80. The van der Waals surface area contributed by atoms with E-state index in [1.54, 1.807) is 0 Å². The molecule has 0 saturated heterocycles. The Kier molecular flexibility index (Phi) is 12.7. The van der Waals surface area contributed by atoms with Gasteiger partial charge in [0.2, 0.25) is 29.5 Å². The van der Waals surface area contributed by atoms with Gasteiger partial charge in [-0.25, -0.2) is 0 Å². The first-order valence-corrected chi connectivity index (χ1v) is 8.82. The van der Waals surface area contributed by atoms with Crippen molar-refractivity contribution in [2.24, 2.45) is 5.73 Å². The molecule has 0 aliphatic rings. The molecule has 0 aromatic heterocycles. The Morgan fingerprint density at radius 1 is 0.793 bits per heavy atom. The number of nitrogens with two attached hydrogens (primary N) is 1. The predicted octanol–water partition coefficient (Wildman–Crippen LogP) is -5.73. The molecule has 0 radical (unpaired) electrons. The molecule has 0 unspecified atom stereocenters. The van der Waals surface area contributed by atoms with Crippen molar-refractivity contribution in [3.05, 3.63) is 0 Å². The first-order valence-electron chi connectivity index (χ1n) is 8.19. The summed E-state index contributed by atoms with van der Waals surface area (Å²) in [5, 5.41) is 28.5. The van der Waals surface area contributed by atoms with Crippen LogP contribution in [0.4, 0.5) is 0 Å². The highest BCUT2D eigenvalue weighted by Crippen LogP contribution is 1.89. The molecule has 2 atom stereocenters. The molecule has 0 fully saturated rings. The fourth-order valence-corrected chi connectivity index (χ4v) is 1.96. The van der Waals surface area contributed by atoms with E-state index in [1.165, 1.54) is 0 Å². The lowest BCUT2D eigenvalue weighted by Gasteiger charge is -2.18. The van der Waals surface area contributed by atoms with Crippen molar-refractivity contribution in [1.29, 1.82) is 0 Å². The third kappa shape index (κ3) is 11.5. The molecule has 164 valence electrons. The van der Waals surface area contributed by atoms with Crippen LogP contribution in [0.1, 0.15) is 0 Å². The van der Waals surface area contributed by atoms with Gasteiger partial charge in [-0.2, -0.15) is 12.6 Å². The molecular formula is C14H24N6O8S. The number of carbonyl (C=O) groups is 6. The minimum Gasteiger partial charge on any atom is -0.480 e. The first kappa shape index (κ1) is 26.1. The first-order chi connectivity index (χ1) is 13.6. The zero-order valence-electron chi connectivity index (χ0n) is 15.3. The molecule has 0 heterocycles. The fourth-order valence-electron chi connectivity index (χ4n) is 1.71. The number of aliphatic hydroxyl groups is 1. The van der Waals surface area contributed by atoms with E-state index < -0.39 is 73.8 Å². The van der Waals surface area contributed by atoms with Gasteiger partial charge in [-0.05, 0) is 0 Å². The van der Waals surface area contributed by atoms with Gasteiger partial charge in [-0.15, -0.1) is 0 Å². The molecule has 9 N–H and O–H groups in total. The number of carboxylic acid groups (broad SMARTS) is 1. The Morgan fingerprint density at radius 3 is 1.76 bits per heavy atom. The van der Waals surface area contributed by atoms with Gasteiger partial charge in [0.05, 0.1) is 26.2 Å². The number of carbonyl (C=O) groups excluding carboxylic acids is 5. The van der Waals surface area contributed by atoms with E-state index in [0.29, 0.717) is 0 Å². The topological polar surface area (TPSA) is 229 Å². The van der Waals surface area contributed by atoms with Crippen LogP contribution < -0.4 is 32.3 Å². The smallest absolute Gasteiger partial charge is 0.322 e. The largest absolute Gasteiger partial charge is 0.480 e. The van der Waals surface area contributed by atoms with E-state index in [4.69, 9.17) is 10.8 Å². The van der Waals surface area contributed by atoms with Crippen molar-refractivity contribution in [2.75, 3.05) is 38.5 Å². The molecular weight excluding hydrogens is 412 g/mol. The Bertz CT molecular complexity index is 631. The molecule has 0 spiro atoms. The van der Waals surface area contributed by atoms with Gasteiger partial charge in [0.25, 0.3) is 0 Å². The highest BCUT2D eigenvalue weighted by atomic mass is 32.1. The Balaban J connectivity index is 4.47. The second-order valence-electron chi connectivity index (χ2n) is 5.42. The van der Waals surface area contributed by atoms with Gasteiger partial charge < -0.3 is 42.5 Å². The van der Waals surface area contributed by atoms with Crippen LogP contribution in [0.2, 0.25) is 0 Å². The lowest BCUT2D eigenvalue weighted by atomic mass is 10.2. The van der Waals surface area contributed by atoms with Gasteiger partial charge in [-0.1, -0.05) is 0 Å². The summed E-state index contributed by atoms with van der Waals surface area (Å²) in [5.41, 5.74) is 5.05. The minimum atomic E-state index is -1.38. The number of nitrogens with one attached hydrogen (secondary N) is 5. The monoisotopic (exact) mass is 436 g/mol. The lowest BCUT2D eigenvalue weighted by Crippen LogP contribution is -2.54. The van der Waals surface area contributed by atoms with Gasteiger partial charge in [-0.3, -0.25) is 28.8 Å². The molecule has 0 aliphatic heterocycles. The van der Waals surface area contributed by atoms with Crippen molar-refractivity contribution in [3.8, 4) is 0 Å². The van der Waals surface area contributed by atoms with Crippen molar-refractivity contribution in [3.63, 3.8) is 0 Å². The van der Waals surface area contributed by atoms with E-state index in [9.17, 15) is 33.9 Å². The van der Waals surface area contributed by atoms with E-state index in [0.717, 1.165) is 0 Å². The molecule has 0 aromatic rings. The van der Waals surface area contributed by atoms with Crippen molar-refractivity contribution >= 4 is 48.1 Å². The van der Waals surface area contributed by atoms with Gasteiger partial charge >= 0.3 is 5.97 Å². The predicted molar refractivity (Wildman–Crippen MR) is 101 cm³/mol. The van der Waals surface area contributed by atoms with E-state index in [-0.39, 0.29) is 12.3 Å². The summed E-state index contributed by atoms with van der Waals surface area (Å²) in [5.74, 6) is -5.21. The number of aliphatic carboxylic acids is 1. The van der Waals surface area contributed by atoms with Crippen molar-refractivity contribution in [1.82, 2.24) is 26.6 Å². The standard InChI is InChI=1S/C14H24N6O8S/c15-1-9(22)16-2-10(23)19-7(5-21)13(27)17-3-11(24)20-8(6-29)14(28)18-4-12(25)26/h7-8,21,29H,1-6,15H2,(H,16,22)(H,17,27)(H,18,28)(H,19,23)(H,20,24)(H,25,26)/t7-,8-/m0/s1. The molecule has 0 bridgehead atoms. The normalized spacial score (nSPS) is 12.1. The number of thiol groups is 1. The zero-order valence-corrected chi connectivity index (χ0v) is 16.2. The quantitative estimate of drug-likeness (QED) is 0.125. The molecule has 0 saturated carbocycles. The Labute approximate surface area is 170 Å². The van der Waals surface area contributed by atoms with Crippen LogP contribution in [0.5, 0.6) is 0 Å². The summed E-state index contributed by atoms with van der Waals surface area (Å²) >= 11 is 3.88. The van der Waals surface area contributed by atoms with E-state index in [1.807, 2.05) is 0 Å². The van der Waals surface area contributed by atoms with Crippen molar-refractivity contribution < 1.29 is 39.0 Å². The molecule has 0 rings (SSSR count). The van der Waals surface area contributed by atoms with E-state index in [2.05, 4.69) is 39.2 Å². The summed E-state index contributed by atoms with van der Waals surface area (Å²) < 4.78 is 0. The van der Waals surface area contributed by atoms with Crippen molar-refractivity contribution in [2.45, 2.75) is 12.1 Å². The van der Waals surface area contributed by atoms with Crippen LogP contribution in [0.3, 0.4) is 0 Å². The van der Waals surface area contributed by atoms with E-state index >= 15 is 0 Å². The van der Waals surface area contributed by atoms with Gasteiger partial charge in [0.15, 0.2) is 0 Å². The van der Waals surface area contributed by atoms with Gasteiger partial charge in [0.1, 0.15) is 18.6 Å². The van der Waals surface area contributed by atoms with Crippen LogP contribution in [0, 0.1) is 0 Å². The Morgan fingerprint density at radius 2 is 1.28 bits per heavy atom. The summed E-state index contributed by atoms with van der Waals surface area (Å²) in [4.78, 5) is 68.5. The summed E-state index contributed by atoms with van der Waals surface area (Å²) in [6, 6.07) is -2.52. The third-order valence-electron chi connectivity index (χ3n) is 3.14. The zero-order chi connectivity index (χ0) is 22.4. The summed E-state index contributed by atoms with van der Waals surface area (Å²) in [7, 11) is 0. The van der Waals surface area contributed by atoms with Crippen LogP contribution in [0.15, 0.2) is 0 Å². The lowest BCUT2D eigenvalue weighted by molar-refractivity contribution is -0.138. The van der Waals surface area contributed by atoms with Crippen LogP contribution >= 0.6 is 12.6 Å². The number of amides is 5.